The van der Waals surface area contributed by atoms with Gasteiger partial charge in [-0.1, -0.05) is 19.4 Å². The normalized spacial score (nSPS) is 9.93. The van der Waals surface area contributed by atoms with Gasteiger partial charge in [0, 0.05) is 5.56 Å². The van der Waals surface area contributed by atoms with Gasteiger partial charge in [0.05, 0.1) is 0 Å². The summed E-state index contributed by atoms with van der Waals surface area (Å²) in [6.07, 6.45) is 1.50. The molecular formula is C10H12FNO2. The van der Waals surface area contributed by atoms with Crippen molar-refractivity contribution in [1.82, 2.24) is 5.48 Å². The fraction of sp³-hybridized carbons (Fsp3) is 0.300. The SMILES string of the molecule is CCCc1ccc(C(=O)NO)cc1F. The fourth-order valence-electron chi connectivity index (χ4n) is 1.23. The fourth-order valence-corrected chi connectivity index (χ4v) is 1.23. The van der Waals surface area contributed by atoms with Crippen molar-refractivity contribution >= 4 is 5.91 Å². The molecule has 2 N–H and O–H groups in total. The van der Waals surface area contributed by atoms with Crippen molar-refractivity contribution in [2.75, 3.05) is 0 Å². The quantitative estimate of drug-likeness (QED) is 0.574. The zero-order valence-corrected chi connectivity index (χ0v) is 7.88. The Bertz CT molecular complexity index is 339. The van der Waals surface area contributed by atoms with Gasteiger partial charge in [0.15, 0.2) is 0 Å². The Kier molecular flexibility index (Phi) is 3.59. The molecule has 0 spiro atoms. The summed E-state index contributed by atoms with van der Waals surface area (Å²) in [4.78, 5) is 10.9. The van der Waals surface area contributed by atoms with E-state index in [0.29, 0.717) is 12.0 Å². The summed E-state index contributed by atoms with van der Waals surface area (Å²) in [5, 5.41) is 8.33. The van der Waals surface area contributed by atoms with E-state index in [-0.39, 0.29) is 5.56 Å². The number of amides is 1. The number of halogens is 1. The number of carbonyl (C=O) groups excluding carboxylic acids is 1. The number of nitrogens with one attached hydrogen (secondary N) is 1. The van der Waals surface area contributed by atoms with E-state index in [0.717, 1.165) is 12.5 Å². The van der Waals surface area contributed by atoms with E-state index in [1.165, 1.54) is 11.5 Å². The highest BCUT2D eigenvalue weighted by molar-refractivity contribution is 5.93. The van der Waals surface area contributed by atoms with Gasteiger partial charge in [0.1, 0.15) is 5.82 Å². The zero-order chi connectivity index (χ0) is 10.6. The predicted molar refractivity (Wildman–Crippen MR) is 49.6 cm³/mol. The molecule has 0 saturated carbocycles. The summed E-state index contributed by atoms with van der Waals surface area (Å²) < 4.78 is 13.3. The number of hydrogen-bond donors (Lipinski definition) is 2. The van der Waals surface area contributed by atoms with Crippen molar-refractivity contribution in [1.29, 1.82) is 0 Å². The van der Waals surface area contributed by atoms with Gasteiger partial charge >= 0.3 is 0 Å². The summed E-state index contributed by atoms with van der Waals surface area (Å²) in [5.41, 5.74) is 2.16. The molecule has 0 unspecified atom stereocenters. The van der Waals surface area contributed by atoms with Gasteiger partial charge in [-0.2, -0.15) is 0 Å². The van der Waals surface area contributed by atoms with Crippen LogP contribution < -0.4 is 5.48 Å². The Morgan fingerprint density at radius 1 is 1.57 bits per heavy atom. The molecule has 0 atom stereocenters. The Morgan fingerprint density at radius 2 is 2.29 bits per heavy atom. The van der Waals surface area contributed by atoms with Crippen molar-refractivity contribution < 1.29 is 14.4 Å². The lowest BCUT2D eigenvalue weighted by molar-refractivity contribution is 0.0706. The van der Waals surface area contributed by atoms with E-state index in [9.17, 15) is 9.18 Å². The van der Waals surface area contributed by atoms with E-state index < -0.39 is 11.7 Å². The van der Waals surface area contributed by atoms with Gasteiger partial charge in [-0.05, 0) is 24.1 Å². The first-order valence-electron chi connectivity index (χ1n) is 4.42. The standard InChI is InChI=1S/C10H12FNO2/c1-2-3-7-4-5-8(6-9(7)11)10(13)12-14/h4-6,14H,2-3H2,1H3,(H,12,13). The van der Waals surface area contributed by atoms with E-state index >= 15 is 0 Å². The highest BCUT2D eigenvalue weighted by Crippen LogP contribution is 2.12. The maximum Gasteiger partial charge on any atom is 0.274 e. The van der Waals surface area contributed by atoms with Crippen LogP contribution in [0.2, 0.25) is 0 Å². The topological polar surface area (TPSA) is 49.3 Å². The molecule has 0 aliphatic carbocycles. The number of benzene rings is 1. The highest BCUT2D eigenvalue weighted by Gasteiger charge is 2.07. The van der Waals surface area contributed by atoms with Crippen LogP contribution in [-0.2, 0) is 6.42 Å². The molecule has 76 valence electrons. The van der Waals surface area contributed by atoms with Gasteiger partial charge in [0.25, 0.3) is 5.91 Å². The van der Waals surface area contributed by atoms with Crippen LogP contribution in [0.3, 0.4) is 0 Å². The van der Waals surface area contributed by atoms with Crippen LogP contribution >= 0.6 is 0 Å². The number of hydroxylamine groups is 1. The minimum Gasteiger partial charge on any atom is -0.288 e. The Labute approximate surface area is 81.5 Å². The first kappa shape index (κ1) is 10.7. The molecule has 0 saturated heterocycles. The molecule has 0 aliphatic heterocycles. The molecule has 0 aromatic heterocycles. The molecule has 4 heteroatoms. The molecule has 1 aromatic carbocycles. The van der Waals surface area contributed by atoms with Crippen LogP contribution in [0, 0.1) is 5.82 Å². The average Bonchev–Trinajstić information content (AvgIpc) is 2.20. The lowest BCUT2D eigenvalue weighted by Gasteiger charge is -2.03. The third-order valence-corrected chi connectivity index (χ3v) is 1.94. The largest absolute Gasteiger partial charge is 0.288 e. The van der Waals surface area contributed by atoms with Gasteiger partial charge in [-0.25, -0.2) is 9.87 Å². The van der Waals surface area contributed by atoms with Crippen molar-refractivity contribution in [2.45, 2.75) is 19.8 Å². The molecule has 1 rings (SSSR count). The third kappa shape index (κ3) is 2.29. The lowest BCUT2D eigenvalue weighted by atomic mass is 10.1. The molecule has 3 nitrogen and oxygen atoms in total. The van der Waals surface area contributed by atoms with Crippen LogP contribution in [0.15, 0.2) is 18.2 Å². The Balaban J connectivity index is 2.94. The first-order valence-corrected chi connectivity index (χ1v) is 4.42. The van der Waals surface area contributed by atoms with Crippen molar-refractivity contribution in [3.8, 4) is 0 Å². The zero-order valence-electron chi connectivity index (χ0n) is 7.88. The number of rotatable bonds is 3. The molecule has 0 fully saturated rings. The van der Waals surface area contributed by atoms with Crippen LogP contribution in [0.4, 0.5) is 4.39 Å². The second kappa shape index (κ2) is 4.72. The van der Waals surface area contributed by atoms with Crippen molar-refractivity contribution in [3.05, 3.63) is 35.1 Å². The lowest BCUT2D eigenvalue weighted by Crippen LogP contribution is -2.18. The molecule has 0 bridgehead atoms. The minimum absolute atomic E-state index is 0.116. The van der Waals surface area contributed by atoms with Gasteiger partial charge < -0.3 is 0 Å². The number of aryl methyl sites for hydroxylation is 1. The van der Waals surface area contributed by atoms with Crippen LogP contribution in [-0.4, -0.2) is 11.1 Å². The first-order chi connectivity index (χ1) is 6.69. The van der Waals surface area contributed by atoms with E-state index in [2.05, 4.69) is 0 Å². The predicted octanol–water partition coefficient (Wildman–Crippen LogP) is 1.90. The number of hydrogen-bond acceptors (Lipinski definition) is 2. The second-order valence-electron chi connectivity index (χ2n) is 3.00. The summed E-state index contributed by atoms with van der Waals surface area (Å²) in [6.45, 7) is 1.95. The average molecular weight is 197 g/mol. The summed E-state index contributed by atoms with van der Waals surface area (Å²) >= 11 is 0. The van der Waals surface area contributed by atoms with E-state index in [1.54, 1.807) is 6.07 Å². The van der Waals surface area contributed by atoms with Gasteiger partial charge in [0.2, 0.25) is 0 Å². The molecule has 0 radical (unpaired) electrons. The van der Waals surface area contributed by atoms with E-state index in [4.69, 9.17) is 5.21 Å². The van der Waals surface area contributed by atoms with Gasteiger partial charge in [-0.3, -0.25) is 10.0 Å². The maximum absolute atomic E-state index is 13.3. The second-order valence-corrected chi connectivity index (χ2v) is 3.00. The summed E-state index contributed by atoms with van der Waals surface area (Å²) in [6, 6.07) is 4.17. The van der Waals surface area contributed by atoms with Crippen LogP contribution in [0.5, 0.6) is 0 Å². The molecule has 1 aromatic rings. The Hall–Kier alpha value is -1.42. The van der Waals surface area contributed by atoms with Crippen LogP contribution in [0.1, 0.15) is 29.3 Å². The molecule has 14 heavy (non-hydrogen) atoms. The van der Waals surface area contributed by atoms with Gasteiger partial charge in [-0.15, -0.1) is 0 Å². The van der Waals surface area contributed by atoms with E-state index in [1.807, 2.05) is 6.92 Å². The maximum atomic E-state index is 13.3. The van der Waals surface area contributed by atoms with Crippen molar-refractivity contribution in [2.24, 2.45) is 0 Å². The molecule has 0 heterocycles. The Morgan fingerprint density at radius 3 is 2.79 bits per heavy atom. The molecule has 1 amide bonds. The summed E-state index contributed by atoms with van der Waals surface area (Å²) in [5.74, 6) is -1.11. The molecular weight excluding hydrogens is 185 g/mol. The minimum atomic E-state index is -0.702. The van der Waals surface area contributed by atoms with Crippen molar-refractivity contribution in [3.63, 3.8) is 0 Å². The summed E-state index contributed by atoms with van der Waals surface area (Å²) in [7, 11) is 0. The smallest absolute Gasteiger partial charge is 0.274 e. The number of carbonyl (C=O) groups is 1. The highest BCUT2D eigenvalue weighted by atomic mass is 19.1. The third-order valence-electron chi connectivity index (χ3n) is 1.94. The molecule has 0 aliphatic rings. The van der Waals surface area contributed by atoms with Crippen LogP contribution in [0.25, 0.3) is 0 Å². The monoisotopic (exact) mass is 197 g/mol.